The molecule has 3 aromatic rings. The number of aromatic amines is 1. The highest BCUT2D eigenvalue weighted by molar-refractivity contribution is 7.89. The molecule has 1 N–H and O–H groups in total. The number of carbonyl (C=O) groups is 2. The Morgan fingerprint density at radius 2 is 1.88 bits per heavy atom. The van der Waals surface area contributed by atoms with Gasteiger partial charge in [0.05, 0.1) is 26.7 Å². The van der Waals surface area contributed by atoms with Crippen LogP contribution < -0.4 is 4.74 Å². The van der Waals surface area contributed by atoms with E-state index in [1.54, 1.807) is 12.3 Å². The van der Waals surface area contributed by atoms with Crippen LogP contribution in [0.2, 0.25) is 0 Å². The number of benzene rings is 2. The van der Waals surface area contributed by atoms with Gasteiger partial charge in [0.25, 0.3) is 0 Å². The molecule has 180 valence electrons. The molecule has 1 aliphatic heterocycles. The summed E-state index contributed by atoms with van der Waals surface area (Å²) >= 11 is 0. The minimum atomic E-state index is -3.83. The number of H-pyrrole nitrogens is 1. The van der Waals surface area contributed by atoms with Crippen molar-refractivity contribution in [3.05, 3.63) is 59.8 Å². The van der Waals surface area contributed by atoms with E-state index in [-0.39, 0.29) is 35.9 Å². The van der Waals surface area contributed by atoms with Crippen LogP contribution in [0.5, 0.6) is 5.75 Å². The lowest BCUT2D eigenvalue weighted by Gasteiger charge is -2.26. The number of ether oxygens (including phenoxy) is 3. The maximum atomic E-state index is 13.1. The van der Waals surface area contributed by atoms with Crippen LogP contribution >= 0.6 is 0 Å². The van der Waals surface area contributed by atoms with Gasteiger partial charge in [0, 0.05) is 35.8 Å². The van der Waals surface area contributed by atoms with Crippen LogP contribution in [0.25, 0.3) is 10.9 Å². The smallest absolute Gasteiger partial charge is 0.310 e. The van der Waals surface area contributed by atoms with Crippen LogP contribution in [-0.2, 0) is 30.7 Å². The molecule has 9 nitrogen and oxygen atoms in total. The van der Waals surface area contributed by atoms with Gasteiger partial charge in [-0.2, -0.15) is 4.31 Å². The standard InChI is InChI=1S/C24H26N2O7S/c1-16(24(28)19-15-25-20-6-4-3-5-18(19)20)33-23(27)14-17-7-8-21(31-2)22(13-17)34(29,30)26-9-11-32-12-10-26/h3-8,13,15-16,25H,9-12,14H2,1-2H3/t16-/m1/s1. The number of hydrogen-bond donors (Lipinski definition) is 1. The molecule has 2 aromatic carbocycles. The van der Waals surface area contributed by atoms with Gasteiger partial charge in [0.15, 0.2) is 6.10 Å². The summed E-state index contributed by atoms with van der Waals surface area (Å²) in [5.74, 6) is -0.775. The maximum absolute atomic E-state index is 13.1. The molecule has 1 atom stereocenters. The number of para-hydroxylation sites is 1. The van der Waals surface area contributed by atoms with E-state index in [1.807, 2.05) is 24.3 Å². The third kappa shape index (κ3) is 4.84. The summed E-state index contributed by atoms with van der Waals surface area (Å²) < 4.78 is 43.5. The third-order valence-electron chi connectivity index (χ3n) is 5.70. The van der Waals surface area contributed by atoms with Crippen LogP contribution in [0.3, 0.4) is 0 Å². The van der Waals surface area contributed by atoms with Gasteiger partial charge < -0.3 is 19.2 Å². The number of nitrogens with zero attached hydrogens (tertiary/aromatic N) is 1. The average molecular weight is 487 g/mol. The summed E-state index contributed by atoms with van der Waals surface area (Å²) in [5, 5.41) is 0.753. The second-order valence-corrected chi connectivity index (χ2v) is 9.83. The van der Waals surface area contributed by atoms with Crippen molar-refractivity contribution in [2.24, 2.45) is 0 Å². The zero-order valence-corrected chi connectivity index (χ0v) is 19.8. The van der Waals surface area contributed by atoms with Crippen molar-refractivity contribution in [3.8, 4) is 5.75 Å². The molecule has 1 aromatic heterocycles. The summed E-state index contributed by atoms with van der Waals surface area (Å²) in [7, 11) is -2.44. The predicted octanol–water partition coefficient (Wildman–Crippen LogP) is 2.55. The normalized spacial score (nSPS) is 15.7. The molecule has 1 aliphatic rings. The number of sulfonamides is 1. The van der Waals surface area contributed by atoms with E-state index in [1.165, 1.54) is 30.5 Å². The van der Waals surface area contributed by atoms with Crippen molar-refractivity contribution in [1.29, 1.82) is 0 Å². The maximum Gasteiger partial charge on any atom is 0.310 e. The molecular formula is C24H26N2O7S. The fraction of sp³-hybridized carbons (Fsp3) is 0.333. The fourth-order valence-electron chi connectivity index (χ4n) is 3.91. The number of fused-ring (bicyclic) bond motifs is 1. The highest BCUT2D eigenvalue weighted by atomic mass is 32.2. The Morgan fingerprint density at radius 1 is 1.15 bits per heavy atom. The first-order valence-electron chi connectivity index (χ1n) is 10.9. The number of nitrogens with one attached hydrogen (secondary N) is 1. The fourth-order valence-corrected chi connectivity index (χ4v) is 5.53. The minimum Gasteiger partial charge on any atom is -0.495 e. The Hall–Kier alpha value is -3.21. The second kappa shape index (κ2) is 9.96. The SMILES string of the molecule is COc1ccc(CC(=O)O[C@H](C)C(=O)c2c[nH]c3ccccc23)cc1S(=O)(=O)N1CCOCC1. The van der Waals surface area contributed by atoms with Gasteiger partial charge in [-0.05, 0) is 30.7 Å². The number of rotatable bonds is 8. The second-order valence-electron chi connectivity index (χ2n) is 7.92. The lowest BCUT2D eigenvalue weighted by Crippen LogP contribution is -2.40. The van der Waals surface area contributed by atoms with Crippen molar-refractivity contribution in [3.63, 3.8) is 0 Å². The number of morpholine rings is 1. The van der Waals surface area contributed by atoms with E-state index in [2.05, 4.69) is 4.98 Å². The van der Waals surface area contributed by atoms with E-state index >= 15 is 0 Å². The number of hydrogen-bond acceptors (Lipinski definition) is 7. The zero-order chi connectivity index (χ0) is 24.3. The van der Waals surface area contributed by atoms with Crippen LogP contribution in [0.15, 0.2) is 53.6 Å². The van der Waals surface area contributed by atoms with E-state index in [0.717, 1.165) is 10.9 Å². The number of Topliss-reactive ketones (excluding diaryl/α,β-unsaturated/α-hetero) is 1. The Balaban J connectivity index is 1.48. The molecule has 4 rings (SSSR count). The first-order valence-corrected chi connectivity index (χ1v) is 12.3. The number of methoxy groups -OCH3 is 1. The van der Waals surface area contributed by atoms with Crippen LogP contribution in [0, 0.1) is 0 Å². The van der Waals surface area contributed by atoms with Crippen molar-refractivity contribution in [1.82, 2.24) is 9.29 Å². The van der Waals surface area contributed by atoms with Crippen molar-refractivity contribution < 1.29 is 32.2 Å². The molecule has 34 heavy (non-hydrogen) atoms. The van der Waals surface area contributed by atoms with Gasteiger partial charge in [0.2, 0.25) is 15.8 Å². The third-order valence-corrected chi connectivity index (χ3v) is 7.62. The summed E-state index contributed by atoms with van der Waals surface area (Å²) in [5.41, 5.74) is 1.69. The molecule has 0 spiro atoms. The zero-order valence-electron chi connectivity index (χ0n) is 18.9. The van der Waals surface area contributed by atoms with Gasteiger partial charge in [-0.1, -0.05) is 24.3 Å². The monoisotopic (exact) mass is 486 g/mol. The highest BCUT2D eigenvalue weighted by Gasteiger charge is 2.30. The number of esters is 1. The molecule has 2 heterocycles. The lowest BCUT2D eigenvalue weighted by atomic mass is 10.1. The molecule has 0 saturated carbocycles. The van der Waals surface area contributed by atoms with Crippen LogP contribution in [0.1, 0.15) is 22.8 Å². The molecule has 0 unspecified atom stereocenters. The molecule has 0 bridgehead atoms. The number of ketones is 1. The summed E-state index contributed by atoms with van der Waals surface area (Å²) in [6.07, 6.45) is 0.409. The van der Waals surface area contributed by atoms with Gasteiger partial charge in [-0.3, -0.25) is 9.59 Å². The largest absolute Gasteiger partial charge is 0.495 e. The quantitative estimate of drug-likeness (QED) is 0.384. The van der Waals surface area contributed by atoms with Gasteiger partial charge in [-0.15, -0.1) is 0 Å². The molecular weight excluding hydrogens is 460 g/mol. The van der Waals surface area contributed by atoms with E-state index < -0.39 is 22.1 Å². The average Bonchev–Trinajstić information content (AvgIpc) is 3.28. The van der Waals surface area contributed by atoms with Gasteiger partial charge >= 0.3 is 5.97 Å². The van der Waals surface area contributed by atoms with Crippen molar-refractivity contribution in [2.75, 3.05) is 33.4 Å². The summed E-state index contributed by atoms with van der Waals surface area (Å²) in [6, 6.07) is 11.9. The first-order chi connectivity index (χ1) is 16.3. The molecule has 1 saturated heterocycles. The molecule has 0 amide bonds. The Kier molecular flexibility index (Phi) is 7.01. The number of aromatic nitrogens is 1. The van der Waals surface area contributed by atoms with Crippen LogP contribution in [-0.4, -0.2) is 69.0 Å². The van der Waals surface area contributed by atoms with Crippen LogP contribution in [0.4, 0.5) is 0 Å². The van der Waals surface area contributed by atoms with E-state index in [4.69, 9.17) is 14.2 Å². The Morgan fingerprint density at radius 3 is 2.62 bits per heavy atom. The van der Waals surface area contributed by atoms with Gasteiger partial charge in [0.1, 0.15) is 10.6 Å². The molecule has 10 heteroatoms. The molecule has 0 radical (unpaired) electrons. The molecule has 1 fully saturated rings. The minimum absolute atomic E-state index is 0.0230. The van der Waals surface area contributed by atoms with E-state index in [0.29, 0.717) is 24.3 Å². The number of carbonyl (C=O) groups excluding carboxylic acids is 2. The topological polar surface area (TPSA) is 115 Å². The summed E-state index contributed by atoms with van der Waals surface area (Å²) in [6.45, 7) is 2.63. The predicted molar refractivity (Wildman–Crippen MR) is 124 cm³/mol. The van der Waals surface area contributed by atoms with Crippen molar-refractivity contribution >= 4 is 32.7 Å². The molecule has 0 aliphatic carbocycles. The Bertz CT molecular complexity index is 1310. The highest BCUT2D eigenvalue weighted by Crippen LogP contribution is 2.29. The summed E-state index contributed by atoms with van der Waals surface area (Å²) in [4.78, 5) is 28.4. The van der Waals surface area contributed by atoms with Gasteiger partial charge in [-0.25, -0.2) is 8.42 Å². The lowest BCUT2D eigenvalue weighted by molar-refractivity contribution is -0.145. The Labute approximate surface area is 197 Å². The first kappa shape index (κ1) is 23.9. The van der Waals surface area contributed by atoms with E-state index in [9.17, 15) is 18.0 Å². The van der Waals surface area contributed by atoms with Crippen molar-refractivity contribution in [2.45, 2.75) is 24.3 Å².